The van der Waals surface area contributed by atoms with E-state index in [9.17, 15) is 15.3 Å². The molecule has 3 rings (SSSR count). The van der Waals surface area contributed by atoms with Crippen molar-refractivity contribution in [2.75, 3.05) is 0 Å². The van der Waals surface area contributed by atoms with E-state index in [4.69, 9.17) is 4.74 Å². The predicted molar refractivity (Wildman–Crippen MR) is 101 cm³/mol. The fraction of sp³-hybridized carbons (Fsp3) is 0.182. The third-order valence-electron chi connectivity index (χ3n) is 4.55. The van der Waals surface area contributed by atoms with Gasteiger partial charge >= 0.3 is 5.97 Å². The average molecular weight is 355 g/mol. The molecule has 5 nitrogen and oxygen atoms in total. The molecule has 0 fully saturated rings. The maximum Gasteiger partial charge on any atom is 0.343 e. The van der Waals surface area contributed by atoms with E-state index in [0.29, 0.717) is 28.3 Å². The second-order valence-corrected chi connectivity index (χ2v) is 6.27. The number of rotatable bonds is 3. The topological polar surface area (TPSA) is 86.2 Å². The lowest BCUT2D eigenvalue weighted by Crippen LogP contribution is -2.24. The van der Waals surface area contributed by atoms with Gasteiger partial charge in [0, 0.05) is 11.6 Å². The number of carbonyl (C=O) groups excluding carboxylic acids is 1. The molecule has 0 radical (unpaired) electrons. The molecule has 27 heavy (non-hydrogen) atoms. The van der Waals surface area contributed by atoms with E-state index >= 15 is 0 Å². The lowest BCUT2D eigenvalue weighted by molar-refractivity contribution is 0.0734. The van der Waals surface area contributed by atoms with E-state index in [1.54, 1.807) is 62.4 Å². The molecule has 5 heteroatoms. The first kappa shape index (κ1) is 18.1. The summed E-state index contributed by atoms with van der Waals surface area (Å²) in [5.41, 5.74) is 3.09. The Morgan fingerprint density at radius 1 is 1.04 bits per heavy atom. The van der Waals surface area contributed by atoms with Crippen LogP contribution in [-0.2, 0) is 0 Å². The van der Waals surface area contributed by atoms with Crippen molar-refractivity contribution in [1.29, 1.82) is 10.5 Å². The fourth-order valence-electron chi connectivity index (χ4n) is 3.19. The van der Waals surface area contributed by atoms with Gasteiger partial charge in [-0.05, 0) is 43.7 Å². The summed E-state index contributed by atoms with van der Waals surface area (Å²) in [4.78, 5) is 16.5. The Bertz CT molecular complexity index is 1010. The number of ether oxygens (including phenoxy) is 1. The Morgan fingerprint density at radius 2 is 1.70 bits per heavy atom. The van der Waals surface area contributed by atoms with Gasteiger partial charge in [0.25, 0.3) is 0 Å². The van der Waals surface area contributed by atoms with Crippen LogP contribution in [0.2, 0.25) is 0 Å². The van der Waals surface area contributed by atoms with Crippen LogP contribution in [0.3, 0.4) is 0 Å². The summed E-state index contributed by atoms with van der Waals surface area (Å²) in [6.07, 6.45) is 0. The highest BCUT2D eigenvalue weighted by molar-refractivity contribution is 5.91. The average Bonchev–Trinajstić information content (AvgIpc) is 2.69. The molecule has 0 amide bonds. The van der Waals surface area contributed by atoms with Crippen LogP contribution in [-0.4, -0.2) is 11.7 Å². The molecular formula is C22H17N3O2. The number of esters is 1. The minimum Gasteiger partial charge on any atom is -0.423 e. The smallest absolute Gasteiger partial charge is 0.343 e. The van der Waals surface area contributed by atoms with Crippen LogP contribution in [0.25, 0.3) is 0 Å². The summed E-state index contributed by atoms with van der Waals surface area (Å²) < 4.78 is 5.39. The second-order valence-electron chi connectivity index (χ2n) is 6.27. The van der Waals surface area contributed by atoms with Gasteiger partial charge in [-0.25, -0.2) is 4.79 Å². The van der Waals surface area contributed by atoms with Gasteiger partial charge in [-0.3, -0.25) is 4.99 Å². The minimum atomic E-state index is -0.499. The van der Waals surface area contributed by atoms with E-state index in [2.05, 4.69) is 17.1 Å². The molecule has 1 aliphatic heterocycles. The number of benzene rings is 2. The van der Waals surface area contributed by atoms with Crippen molar-refractivity contribution < 1.29 is 9.53 Å². The van der Waals surface area contributed by atoms with Gasteiger partial charge in [0.1, 0.15) is 5.75 Å². The normalized spacial score (nSPS) is 18.9. The number of hydrogen-bond acceptors (Lipinski definition) is 5. The van der Waals surface area contributed by atoms with Gasteiger partial charge in [-0.2, -0.15) is 10.5 Å². The summed E-state index contributed by atoms with van der Waals surface area (Å²) in [7, 11) is 0. The second kappa shape index (κ2) is 7.68. The number of aliphatic imine (C=N–C) groups is 1. The number of carbonyl (C=O) groups is 1. The van der Waals surface area contributed by atoms with Crippen LogP contribution in [0, 0.1) is 28.6 Å². The highest BCUT2D eigenvalue weighted by Gasteiger charge is 2.33. The Morgan fingerprint density at radius 3 is 2.30 bits per heavy atom. The lowest BCUT2D eigenvalue weighted by Gasteiger charge is -2.26. The molecule has 0 aromatic heterocycles. The van der Waals surface area contributed by atoms with Crippen molar-refractivity contribution in [3.05, 3.63) is 77.0 Å². The number of hydrogen-bond donors (Lipinski definition) is 0. The molecule has 2 aromatic rings. The highest BCUT2D eigenvalue weighted by atomic mass is 16.5. The zero-order valence-electron chi connectivity index (χ0n) is 15.0. The van der Waals surface area contributed by atoms with E-state index in [1.807, 2.05) is 6.07 Å². The number of allylic oxidation sites excluding steroid dienone is 2. The fourth-order valence-corrected chi connectivity index (χ4v) is 3.19. The van der Waals surface area contributed by atoms with Crippen LogP contribution >= 0.6 is 0 Å². The van der Waals surface area contributed by atoms with E-state index in [-0.39, 0.29) is 5.92 Å². The van der Waals surface area contributed by atoms with Crippen molar-refractivity contribution in [1.82, 2.24) is 0 Å². The molecule has 0 bridgehead atoms. The molecule has 0 N–H and O–H groups in total. The minimum absolute atomic E-state index is 0.378. The first-order valence-corrected chi connectivity index (χ1v) is 8.48. The summed E-state index contributed by atoms with van der Waals surface area (Å²) in [6.45, 7) is 3.58. The molecule has 2 unspecified atom stereocenters. The van der Waals surface area contributed by atoms with E-state index in [0.717, 1.165) is 5.56 Å². The Hall–Kier alpha value is -3.70. The molecule has 0 saturated heterocycles. The van der Waals surface area contributed by atoms with Crippen LogP contribution < -0.4 is 4.74 Å². The molecule has 1 aliphatic rings. The standard InChI is InChI=1S/C22H17N3O2/c1-14-19(12-23)21(20(13-24)15(2)25-14)16-8-10-18(11-9-16)27-22(26)17-6-4-3-5-7-17/h3-11,19,21H,1-2H3. The summed E-state index contributed by atoms with van der Waals surface area (Å²) >= 11 is 0. The third kappa shape index (κ3) is 3.63. The first-order chi connectivity index (χ1) is 13.0. The van der Waals surface area contributed by atoms with Crippen LogP contribution in [0.4, 0.5) is 0 Å². The van der Waals surface area contributed by atoms with Gasteiger partial charge in [-0.1, -0.05) is 30.3 Å². The van der Waals surface area contributed by atoms with Crippen molar-refractivity contribution in [2.45, 2.75) is 19.8 Å². The van der Waals surface area contributed by atoms with Gasteiger partial charge in [0.2, 0.25) is 0 Å². The molecule has 1 heterocycles. The maximum absolute atomic E-state index is 12.2. The summed E-state index contributed by atoms with van der Waals surface area (Å²) in [5, 5.41) is 19.1. The SMILES string of the molecule is CC1=NC(C)=C(C#N)C(c2ccc(OC(=O)c3ccccc3)cc2)C1C#N. The van der Waals surface area contributed by atoms with Crippen LogP contribution in [0.5, 0.6) is 5.75 Å². The molecule has 0 spiro atoms. The third-order valence-corrected chi connectivity index (χ3v) is 4.55. The Labute approximate surface area is 157 Å². The molecule has 132 valence electrons. The van der Waals surface area contributed by atoms with Crippen molar-refractivity contribution >= 4 is 11.7 Å². The van der Waals surface area contributed by atoms with Crippen LogP contribution in [0.15, 0.2) is 70.9 Å². The largest absolute Gasteiger partial charge is 0.423 e. The van der Waals surface area contributed by atoms with Crippen molar-refractivity contribution in [2.24, 2.45) is 10.9 Å². The van der Waals surface area contributed by atoms with Gasteiger partial charge in [0.05, 0.1) is 34.9 Å². The number of nitriles is 2. The Kier molecular flexibility index (Phi) is 5.15. The summed E-state index contributed by atoms with van der Waals surface area (Å²) in [6, 6.07) is 20.1. The lowest BCUT2D eigenvalue weighted by atomic mass is 9.77. The molecule has 0 aliphatic carbocycles. The first-order valence-electron chi connectivity index (χ1n) is 8.48. The molecule has 2 aromatic carbocycles. The van der Waals surface area contributed by atoms with E-state index < -0.39 is 11.9 Å². The zero-order chi connectivity index (χ0) is 19.4. The van der Waals surface area contributed by atoms with Gasteiger partial charge in [-0.15, -0.1) is 0 Å². The van der Waals surface area contributed by atoms with Crippen molar-refractivity contribution in [3.8, 4) is 17.9 Å². The Balaban J connectivity index is 1.86. The highest BCUT2D eigenvalue weighted by Crippen LogP contribution is 2.38. The predicted octanol–water partition coefficient (Wildman–Crippen LogP) is 4.40. The van der Waals surface area contributed by atoms with Crippen molar-refractivity contribution in [3.63, 3.8) is 0 Å². The molecular weight excluding hydrogens is 338 g/mol. The van der Waals surface area contributed by atoms with Crippen LogP contribution in [0.1, 0.15) is 35.7 Å². The zero-order valence-corrected chi connectivity index (χ0v) is 15.0. The van der Waals surface area contributed by atoms with Gasteiger partial charge < -0.3 is 4.74 Å². The molecule has 0 saturated carbocycles. The molecule has 2 atom stereocenters. The van der Waals surface area contributed by atoms with E-state index in [1.165, 1.54) is 0 Å². The maximum atomic E-state index is 12.2. The quantitative estimate of drug-likeness (QED) is 0.603. The van der Waals surface area contributed by atoms with Gasteiger partial charge in [0.15, 0.2) is 0 Å². The monoisotopic (exact) mass is 355 g/mol. The number of nitrogens with zero attached hydrogens (tertiary/aromatic N) is 3. The summed E-state index contributed by atoms with van der Waals surface area (Å²) in [5.74, 6) is -0.911.